The quantitative estimate of drug-likeness (QED) is 0.629. The van der Waals surface area contributed by atoms with Gasteiger partial charge in [-0.3, -0.25) is 14.6 Å². The summed E-state index contributed by atoms with van der Waals surface area (Å²) in [7, 11) is 0. The Hall–Kier alpha value is -3.09. The van der Waals surface area contributed by atoms with Gasteiger partial charge < -0.3 is 5.32 Å². The molecule has 0 radical (unpaired) electrons. The maximum absolute atomic E-state index is 12.8. The maximum atomic E-state index is 12.8. The van der Waals surface area contributed by atoms with E-state index in [0.717, 1.165) is 5.56 Å². The molecule has 0 atom stereocenters. The minimum Gasteiger partial charge on any atom is -0.352 e. The summed E-state index contributed by atoms with van der Waals surface area (Å²) in [5, 5.41) is 6.59. The van der Waals surface area contributed by atoms with Crippen LogP contribution in [-0.4, -0.2) is 22.5 Å². The van der Waals surface area contributed by atoms with E-state index in [2.05, 4.69) is 20.8 Å². The van der Waals surface area contributed by atoms with Gasteiger partial charge in [0.2, 0.25) is 5.91 Å². The van der Waals surface area contributed by atoms with Gasteiger partial charge in [-0.1, -0.05) is 12.1 Å². The van der Waals surface area contributed by atoms with Crippen molar-refractivity contribution in [3.05, 3.63) is 65.7 Å². The third kappa shape index (κ3) is 5.60. The Morgan fingerprint density at radius 1 is 1.21 bits per heavy atom. The first kappa shape index (κ1) is 17.3. The molecule has 0 saturated carbocycles. The molecular formula is C17H17FN4O2. The largest absolute Gasteiger partial charge is 0.352 e. The number of amides is 2. The van der Waals surface area contributed by atoms with Crippen LogP contribution in [0.1, 0.15) is 29.3 Å². The number of carbonyl (C=O) groups is 2. The molecule has 1 aromatic carbocycles. The van der Waals surface area contributed by atoms with E-state index in [4.69, 9.17) is 0 Å². The highest BCUT2D eigenvalue weighted by molar-refractivity contribution is 6.01. The van der Waals surface area contributed by atoms with Gasteiger partial charge in [-0.15, -0.1) is 0 Å². The molecule has 2 N–H and O–H groups in total. The van der Waals surface area contributed by atoms with Gasteiger partial charge in [-0.25, -0.2) is 9.82 Å². The Morgan fingerprint density at radius 3 is 2.62 bits per heavy atom. The van der Waals surface area contributed by atoms with E-state index in [9.17, 15) is 14.0 Å². The van der Waals surface area contributed by atoms with Gasteiger partial charge >= 0.3 is 0 Å². The molecular weight excluding hydrogens is 311 g/mol. The van der Waals surface area contributed by atoms with Gasteiger partial charge in [0.05, 0.1) is 12.0 Å². The number of hydrogen-bond donors (Lipinski definition) is 2. The number of aromatic nitrogens is 1. The molecule has 2 aromatic rings. The third-order valence-corrected chi connectivity index (χ3v) is 3.09. The molecule has 1 heterocycles. The number of carbonyl (C=O) groups excluding carboxylic acids is 2. The first-order valence-electron chi connectivity index (χ1n) is 7.29. The summed E-state index contributed by atoms with van der Waals surface area (Å²) >= 11 is 0. The lowest BCUT2D eigenvalue weighted by Crippen LogP contribution is -2.26. The fraction of sp³-hybridized carbons (Fsp3) is 0.176. The fourth-order valence-corrected chi connectivity index (χ4v) is 1.85. The molecule has 0 saturated heterocycles. The lowest BCUT2D eigenvalue weighted by Gasteiger charge is -2.06. The molecule has 2 rings (SSSR count). The fourth-order valence-electron chi connectivity index (χ4n) is 1.85. The lowest BCUT2D eigenvalue weighted by atomic mass is 10.2. The van der Waals surface area contributed by atoms with Gasteiger partial charge in [-0.2, -0.15) is 5.10 Å². The zero-order chi connectivity index (χ0) is 17.4. The van der Waals surface area contributed by atoms with E-state index < -0.39 is 5.91 Å². The van der Waals surface area contributed by atoms with Crippen molar-refractivity contribution in [1.29, 1.82) is 0 Å². The average molecular weight is 328 g/mol. The van der Waals surface area contributed by atoms with Crippen molar-refractivity contribution in [2.45, 2.75) is 19.9 Å². The number of nitrogens with one attached hydrogen (secondary N) is 2. The second-order valence-electron chi connectivity index (χ2n) is 5.11. The molecule has 0 aliphatic carbocycles. The Labute approximate surface area is 138 Å². The van der Waals surface area contributed by atoms with Crippen LogP contribution in [0, 0.1) is 5.82 Å². The number of nitrogens with zero attached hydrogens (tertiary/aromatic N) is 2. The van der Waals surface area contributed by atoms with Crippen LogP contribution in [0.3, 0.4) is 0 Å². The van der Waals surface area contributed by atoms with E-state index in [1.165, 1.54) is 18.3 Å². The van der Waals surface area contributed by atoms with E-state index in [1.54, 1.807) is 37.4 Å². The van der Waals surface area contributed by atoms with Gasteiger partial charge in [0.15, 0.2) is 0 Å². The lowest BCUT2D eigenvalue weighted by molar-refractivity contribution is -0.120. The summed E-state index contributed by atoms with van der Waals surface area (Å²) in [6.07, 6.45) is 3.04. The van der Waals surface area contributed by atoms with Crippen molar-refractivity contribution in [2.24, 2.45) is 5.10 Å². The van der Waals surface area contributed by atoms with Crippen molar-refractivity contribution in [3.63, 3.8) is 0 Å². The zero-order valence-electron chi connectivity index (χ0n) is 13.1. The first-order chi connectivity index (χ1) is 11.5. The highest BCUT2D eigenvalue weighted by atomic mass is 19.1. The van der Waals surface area contributed by atoms with Crippen molar-refractivity contribution in [2.75, 3.05) is 0 Å². The van der Waals surface area contributed by atoms with Crippen LogP contribution >= 0.6 is 0 Å². The van der Waals surface area contributed by atoms with Crippen molar-refractivity contribution in [1.82, 2.24) is 15.7 Å². The van der Waals surface area contributed by atoms with Crippen LogP contribution in [-0.2, 0) is 11.3 Å². The maximum Gasteiger partial charge on any atom is 0.272 e. The molecule has 2 amide bonds. The Bertz CT molecular complexity index is 730. The summed E-state index contributed by atoms with van der Waals surface area (Å²) in [5.74, 6) is -0.956. The Morgan fingerprint density at radius 2 is 1.96 bits per heavy atom. The number of benzene rings is 1. The SMILES string of the molecule is C/C(CC(=O)NCc1ccc(F)cc1)=N/NC(=O)c1cccnc1. The van der Waals surface area contributed by atoms with Crippen molar-refractivity contribution in [3.8, 4) is 0 Å². The average Bonchev–Trinajstić information content (AvgIpc) is 2.60. The first-order valence-corrected chi connectivity index (χ1v) is 7.29. The molecule has 0 spiro atoms. The predicted molar refractivity (Wildman–Crippen MR) is 87.7 cm³/mol. The molecule has 0 fully saturated rings. The Kier molecular flexibility index (Phi) is 6.13. The van der Waals surface area contributed by atoms with Crippen LogP contribution < -0.4 is 10.7 Å². The summed E-state index contributed by atoms with van der Waals surface area (Å²) < 4.78 is 12.8. The highest BCUT2D eigenvalue weighted by Gasteiger charge is 2.06. The molecule has 24 heavy (non-hydrogen) atoms. The number of pyridine rings is 1. The van der Waals surface area contributed by atoms with Crippen molar-refractivity contribution >= 4 is 17.5 Å². The second kappa shape index (κ2) is 8.52. The predicted octanol–water partition coefficient (Wildman–Crippen LogP) is 2.03. The van der Waals surface area contributed by atoms with Crippen molar-refractivity contribution < 1.29 is 14.0 Å². The second-order valence-corrected chi connectivity index (χ2v) is 5.11. The number of halogens is 1. The van der Waals surface area contributed by atoms with Crippen LogP contribution in [0.5, 0.6) is 0 Å². The van der Waals surface area contributed by atoms with Crippen LogP contribution in [0.25, 0.3) is 0 Å². The standard InChI is InChI=1S/C17H17FN4O2/c1-12(21-22-17(24)14-3-2-8-19-11-14)9-16(23)20-10-13-4-6-15(18)7-5-13/h2-8,11H,9-10H2,1H3,(H,20,23)(H,22,24)/b21-12-. The molecule has 0 aliphatic heterocycles. The van der Waals surface area contributed by atoms with E-state index in [-0.39, 0.29) is 18.1 Å². The van der Waals surface area contributed by atoms with Crippen LogP contribution in [0.4, 0.5) is 4.39 Å². The molecule has 6 nitrogen and oxygen atoms in total. The summed E-state index contributed by atoms with van der Waals surface area (Å²) in [6, 6.07) is 9.14. The molecule has 0 unspecified atom stereocenters. The molecule has 0 bridgehead atoms. The van der Waals surface area contributed by atoms with Gasteiger partial charge in [0.1, 0.15) is 5.82 Å². The normalized spacial score (nSPS) is 11.0. The van der Waals surface area contributed by atoms with E-state index in [1.807, 2.05) is 0 Å². The van der Waals surface area contributed by atoms with Crippen LogP contribution in [0.2, 0.25) is 0 Å². The van der Waals surface area contributed by atoms with E-state index in [0.29, 0.717) is 17.8 Å². The summed E-state index contributed by atoms with van der Waals surface area (Å²) in [6.45, 7) is 1.94. The smallest absolute Gasteiger partial charge is 0.272 e. The van der Waals surface area contributed by atoms with Gasteiger partial charge in [-0.05, 0) is 36.8 Å². The monoisotopic (exact) mass is 328 g/mol. The molecule has 1 aromatic heterocycles. The Balaban J connectivity index is 1.78. The minimum absolute atomic E-state index is 0.0501. The summed E-state index contributed by atoms with van der Waals surface area (Å²) in [4.78, 5) is 27.4. The molecule has 7 heteroatoms. The molecule has 0 aliphatic rings. The number of rotatable bonds is 6. The highest BCUT2D eigenvalue weighted by Crippen LogP contribution is 2.02. The zero-order valence-corrected chi connectivity index (χ0v) is 13.1. The minimum atomic E-state index is -0.394. The molecule has 124 valence electrons. The third-order valence-electron chi connectivity index (χ3n) is 3.09. The van der Waals surface area contributed by atoms with E-state index >= 15 is 0 Å². The van der Waals surface area contributed by atoms with Gasteiger partial charge in [0, 0.05) is 24.7 Å². The topological polar surface area (TPSA) is 83.5 Å². The number of hydrogen-bond acceptors (Lipinski definition) is 4. The number of hydrazone groups is 1. The van der Waals surface area contributed by atoms with Gasteiger partial charge in [0.25, 0.3) is 5.91 Å². The van der Waals surface area contributed by atoms with Crippen LogP contribution in [0.15, 0.2) is 53.9 Å². The summed E-state index contributed by atoms with van der Waals surface area (Å²) in [5.41, 5.74) is 4.01.